The highest BCUT2D eigenvalue weighted by atomic mass is 79.9. The van der Waals surface area contributed by atoms with Crippen LogP contribution in [0.2, 0.25) is 5.02 Å². The van der Waals surface area contributed by atoms with Gasteiger partial charge in [0.15, 0.2) is 6.79 Å². The molecule has 0 saturated carbocycles. The normalized spacial score (nSPS) is 12.0. The minimum atomic E-state index is -0.627. The monoisotopic (exact) mass is 322 g/mol. The number of ether oxygens (including phenoxy) is 3. The molecular formula is C11H12BrClO4. The molecule has 0 amide bonds. The lowest BCUT2D eigenvalue weighted by Crippen LogP contribution is -2.10. The van der Waals surface area contributed by atoms with Crippen molar-refractivity contribution in [3.8, 4) is 5.75 Å². The van der Waals surface area contributed by atoms with Crippen LogP contribution in [0.25, 0.3) is 0 Å². The second-order valence-corrected chi connectivity index (χ2v) is 4.47. The average molecular weight is 324 g/mol. The van der Waals surface area contributed by atoms with E-state index >= 15 is 0 Å². The van der Waals surface area contributed by atoms with Gasteiger partial charge in [-0.25, -0.2) is 0 Å². The Morgan fingerprint density at radius 1 is 1.47 bits per heavy atom. The Morgan fingerprint density at radius 2 is 2.18 bits per heavy atom. The van der Waals surface area contributed by atoms with Crippen LogP contribution in [-0.4, -0.2) is 27.0 Å². The molecular weight excluding hydrogens is 311 g/mol. The van der Waals surface area contributed by atoms with E-state index in [0.29, 0.717) is 16.3 Å². The minimum Gasteiger partial charge on any atom is -0.468 e. The summed E-state index contributed by atoms with van der Waals surface area (Å²) in [7, 11) is 2.83. The standard InChI is InChI=1S/C11H12BrClO4/c1-15-6-17-9-4-3-7(13)5-8(9)10(12)11(14)16-2/h3-5,10H,6H2,1-2H3. The Labute approximate surface area is 113 Å². The highest BCUT2D eigenvalue weighted by Gasteiger charge is 2.22. The van der Waals surface area contributed by atoms with Crippen LogP contribution in [0, 0.1) is 0 Å². The highest BCUT2D eigenvalue weighted by molar-refractivity contribution is 9.09. The maximum Gasteiger partial charge on any atom is 0.324 e. The van der Waals surface area contributed by atoms with E-state index in [9.17, 15) is 4.79 Å². The summed E-state index contributed by atoms with van der Waals surface area (Å²) in [6.07, 6.45) is 0. The smallest absolute Gasteiger partial charge is 0.324 e. The van der Waals surface area contributed by atoms with E-state index in [0.717, 1.165) is 0 Å². The van der Waals surface area contributed by atoms with Gasteiger partial charge >= 0.3 is 5.97 Å². The first-order valence-electron chi connectivity index (χ1n) is 4.73. The van der Waals surface area contributed by atoms with Crippen molar-refractivity contribution in [1.29, 1.82) is 0 Å². The summed E-state index contributed by atoms with van der Waals surface area (Å²) < 4.78 is 14.8. The Bertz CT molecular complexity index is 397. The molecule has 0 bridgehead atoms. The van der Waals surface area contributed by atoms with E-state index in [1.54, 1.807) is 18.2 Å². The summed E-state index contributed by atoms with van der Waals surface area (Å²) in [6, 6.07) is 4.99. The molecule has 0 aromatic heterocycles. The van der Waals surface area contributed by atoms with Gasteiger partial charge in [-0.05, 0) is 18.2 Å². The second kappa shape index (κ2) is 6.83. The van der Waals surface area contributed by atoms with E-state index < -0.39 is 10.8 Å². The van der Waals surface area contributed by atoms with Crippen molar-refractivity contribution in [2.24, 2.45) is 0 Å². The number of halogens is 2. The number of esters is 1. The van der Waals surface area contributed by atoms with Crippen molar-refractivity contribution in [3.63, 3.8) is 0 Å². The number of benzene rings is 1. The van der Waals surface area contributed by atoms with Crippen molar-refractivity contribution in [2.75, 3.05) is 21.0 Å². The number of rotatable bonds is 5. The summed E-state index contributed by atoms with van der Waals surface area (Å²) in [5.74, 6) is 0.0954. The molecule has 6 heteroatoms. The zero-order chi connectivity index (χ0) is 12.8. The highest BCUT2D eigenvalue weighted by Crippen LogP contribution is 2.34. The van der Waals surface area contributed by atoms with Gasteiger partial charge in [-0.2, -0.15) is 0 Å². The van der Waals surface area contributed by atoms with Crippen LogP contribution in [0.3, 0.4) is 0 Å². The first-order valence-corrected chi connectivity index (χ1v) is 6.02. The lowest BCUT2D eigenvalue weighted by atomic mass is 10.1. The quantitative estimate of drug-likeness (QED) is 0.475. The molecule has 1 rings (SSSR count). The summed E-state index contributed by atoms with van der Waals surface area (Å²) >= 11 is 9.12. The molecule has 0 saturated heterocycles. The second-order valence-electron chi connectivity index (χ2n) is 3.12. The van der Waals surface area contributed by atoms with Gasteiger partial charge in [0.05, 0.1) is 7.11 Å². The van der Waals surface area contributed by atoms with E-state index in [-0.39, 0.29) is 6.79 Å². The summed E-state index contributed by atoms with van der Waals surface area (Å²) in [4.78, 5) is 10.8. The third-order valence-corrected chi connectivity index (χ3v) is 3.09. The molecule has 0 aliphatic carbocycles. The van der Waals surface area contributed by atoms with Crippen LogP contribution in [0.15, 0.2) is 18.2 Å². The van der Waals surface area contributed by atoms with Gasteiger partial charge in [-0.3, -0.25) is 4.79 Å². The molecule has 1 unspecified atom stereocenters. The first-order chi connectivity index (χ1) is 8.10. The zero-order valence-electron chi connectivity index (χ0n) is 9.41. The fraction of sp³-hybridized carbons (Fsp3) is 0.364. The third kappa shape index (κ3) is 3.87. The maximum absolute atomic E-state index is 11.5. The lowest BCUT2D eigenvalue weighted by Gasteiger charge is -2.14. The SMILES string of the molecule is COCOc1ccc(Cl)cc1C(Br)C(=O)OC. The molecule has 1 aromatic carbocycles. The van der Waals surface area contributed by atoms with Crippen molar-refractivity contribution in [2.45, 2.75) is 4.83 Å². The van der Waals surface area contributed by atoms with Crippen molar-refractivity contribution in [1.82, 2.24) is 0 Å². The van der Waals surface area contributed by atoms with Gasteiger partial charge in [0.2, 0.25) is 0 Å². The largest absolute Gasteiger partial charge is 0.468 e. The van der Waals surface area contributed by atoms with Crippen LogP contribution in [0.1, 0.15) is 10.4 Å². The van der Waals surface area contributed by atoms with Gasteiger partial charge in [0.25, 0.3) is 0 Å². The number of carbonyl (C=O) groups is 1. The predicted octanol–water partition coefficient (Wildman–Crippen LogP) is 2.93. The minimum absolute atomic E-state index is 0.0928. The summed E-state index contributed by atoms with van der Waals surface area (Å²) in [5.41, 5.74) is 0.599. The van der Waals surface area contributed by atoms with Crippen molar-refractivity contribution in [3.05, 3.63) is 28.8 Å². The van der Waals surface area contributed by atoms with Crippen molar-refractivity contribution >= 4 is 33.5 Å². The number of alkyl halides is 1. The molecule has 0 aliphatic rings. The number of hydrogen-bond donors (Lipinski definition) is 0. The van der Waals surface area contributed by atoms with Gasteiger partial charge in [0.1, 0.15) is 10.6 Å². The first kappa shape index (κ1) is 14.3. The molecule has 4 nitrogen and oxygen atoms in total. The predicted molar refractivity (Wildman–Crippen MR) is 67.6 cm³/mol. The fourth-order valence-corrected chi connectivity index (χ4v) is 1.93. The van der Waals surface area contributed by atoms with Gasteiger partial charge < -0.3 is 14.2 Å². The van der Waals surface area contributed by atoms with Crippen LogP contribution in [0.5, 0.6) is 5.75 Å². The molecule has 17 heavy (non-hydrogen) atoms. The molecule has 0 spiro atoms. The zero-order valence-corrected chi connectivity index (χ0v) is 11.7. The van der Waals surface area contributed by atoms with Gasteiger partial charge in [-0.15, -0.1) is 0 Å². The Kier molecular flexibility index (Phi) is 5.74. The fourth-order valence-electron chi connectivity index (χ4n) is 1.20. The van der Waals surface area contributed by atoms with Crippen LogP contribution in [0.4, 0.5) is 0 Å². The van der Waals surface area contributed by atoms with E-state index in [4.69, 9.17) is 21.1 Å². The number of hydrogen-bond acceptors (Lipinski definition) is 4. The maximum atomic E-state index is 11.5. The molecule has 0 fully saturated rings. The Morgan fingerprint density at radius 3 is 2.76 bits per heavy atom. The average Bonchev–Trinajstić information content (AvgIpc) is 2.35. The van der Waals surface area contributed by atoms with E-state index in [1.807, 2.05) is 0 Å². The molecule has 0 aliphatic heterocycles. The molecule has 0 radical (unpaired) electrons. The Balaban J connectivity index is 3.01. The lowest BCUT2D eigenvalue weighted by molar-refractivity contribution is -0.139. The number of carbonyl (C=O) groups excluding carboxylic acids is 1. The summed E-state index contributed by atoms with van der Waals surface area (Å²) in [6.45, 7) is 0.0928. The molecule has 0 N–H and O–H groups in total. The molecule has 94 valence electrons. The topological polar surface area (TPSA) is 44.8 Å². The van der Waals surface area contributed by atoms with Crippen molar-refractivity contribution < 1.29 is 19.0 Å². The van der Waals surface area contributed by atoms with Crippen LogP contribution in [-0.2, 0) is 14.3 Å². The third-order valence-electron chi connectivity index (χ3n) is 1.99. The van der Waals surface area contributed by atoms with E-state index in [1.165, 1.54) is 14.2 Å². The summed E-state index contributed by atoms with van der Waals surface area (Å²) in [5, 5.41) is 0.512. The number of methoxy groups -OCH3 is 2. The van der Waals surface area contributed by atoms with E-state index in [2.05, 4.69) is 20.7 Å². The Hall–Kier alpha value is -0.780. The molecule has 1 aromatic rings. The molecule has 1 atom stereocenters. The van der Waals surface area contributed by atoms with Gasteiger partial charge in [0, 0.05) is 17.7 Å². The van der Waals surface area contributed by atoms with Gasteiger partial charge in [-0.1, -0.05) is 27.5 Å². The van der Waals surface area contributed by atoms with Crippen LogP contribution >= 0.6 is 27.5 Å². The van der Waals surface area contributed by atoms with Crippen LogP contribution < -0.4 is 4.74 Å². The molecule has 0 heterocycles.